The van der Waals surface area contributed by atoms with Gasteiger partial charge in [-0.05, 0) is 6.07 Å². The molecule has 0 aliphatic heterocycles. The van der Waals surface area contributed by atoms with Crippen molar-refractivity contribution in [2.24, 2.45) is 0 Å². The number of carbonyl (C=O) groups is 1. The molecule has 0 aliphatic rings. The molecule has 0 saturated carbocycles. The summed E-state index contributed by atoms with van der Waals surface area (Å²) in [6.07, 6.45) is 3.80. The third-order valence-electron chi connectivity index (χ3n) is 1.96. The van der Waals surface area contributed by atoms with Crippen LogP contribution in [-0.4, -0.2) is 23.0 Å². The zero-order chi connectivity index (χ0) is 11.5. The van der Waals surface area contributed by atoms with Crippen molar-refractivity contribution < 1.29 is 18.3 Å². The highest BCUT2D eigenvalue weighted by atomic mass is 19.1. The second-order valence-electron chi connectivity index (χ2n) is 2.89. The van der Waals surface area contributed by atoms with Crippen molar-refractivity contribution in [1.29, 1.82) is 0 Å². The number of furan rings is 1. The summed E-state index contributed by atoms with van der Waals surface area (Å²) < 4.78 is 23.0. The number of carbonyl (C=O) groups excluding carboxylic acids is 1. The number of aromatic nitrogens is 2. The molecular formula is C10H7FN2O3. The standard InChI is InChI=1S/C10H7FN2O3/c1-15-10(14)9-7(11)8(12-5-13-9)6-2-3-16-4-6/h2-5H,1H3. The number of rotatable bonds is 2. The fourth-order valence-electron chi connectivity index (χ4n) is 1.21. The van der Waals surface area contributed by atoms with E-state index in [4.69, 9.17) is 4.42 Å². The first kappa shape index (κ1) is 10.3. The predicted octanol–water partition coefficient (Wildman–Crippen LogP) is 1.66. The number of nitrogens with zero attached hydrogens (tertiary/aromatic N) is 2. The molecule has 16 heavy (non-hydrogen) atoms. The minimum absolute atomic E-state index is 0.00384. The van der Waals surface area contributed by atoms with Gasteiger partial charge in [-0.1, -0.05) is 0 Å². The van der Waals surface area contributed by atoms with Gasteiger partial charge in [-0.3, -0.25) is 0 Å². The maximum Gasteiger partial charge on any atom is 0.359 e. The molecule has 0 aromatic carbocycles. The summed E-state index contributed by atoms with van der Waals surface area (Å²) in [6, 6.07) is 1.53. The van der Waals surface area contributed by atoms with Crippen molar-refractivity contribution in [3.63, 3.8) is 0 Å². The fourth-order valence-corrected chi connectivity index (χ4v) is 1.21. The van der Waals surface area contributed by atoms with Crippen molar-refractivity contribution in [1.82, 2.24) is 9.97 Å². The van der Waals surface area contributed by atoms with E-state index in [0.29, 0.717) is 5.56 Å². The molecule has 2 heterocycles. The lowest BCUT2D eigenvalue weighted by Gasteiger charge is -2.02. The zero-order valence-corrected chi connectivity index (χ0v) is 8.31. The third kappa shape index (κ3) is 1.65. The second kappa shape index (κ2) is 4.09. The summed E-state index contributed by atoms with van der Waals surface area (Å²) in [7, 11) is 1.15. The Balaban J connectivity index is 2.53. The van der Waals surface area contributed by atoms with Gasteiger partial charge in [0.2, 0.25) is 0 Å². The van der Waals surface area contributed by atoms with Gasteiger partial charge in [-0.15, -0.1) is 0 Å². The van der Waals surface area contributed by atoms with E-state index in [1.165, 1.54) is 18.6 Å². The van der Waals surface area contributed by atoms with Crippen molar-refractivity contribution in [2.75, 3.05) is 7.11 Å². The molecule has 0 amide bonds. The Bertz CT molecular complexity index is 511. The molecule has 5 nitrogen and oxygen atoms in total. The molecule has 0 bridgehead atoms. The molecule has 0 saturated heterocycles. The molecule has 0 radical (unpaired) electrons. The summed E-state index contributed by atoms with van der Waals surface area (Å²) >= 11 is 0. The quantitative estimate of drug-likeness (QED) is 0.723. The smallest absolute Gasteiger partial charge is 0.359 e. The SMILES string of the molecule is COC(=O)c1ncnc(-c2ccoc2)c1F. The topological polar surface area (TPSA) is 65.2 Å². The van der Waals surface area contributed by atoms with E-state index >= 15 is 0 Å². The molecule has 0 unspecified atom stereocenters. The predicted molar refractivity (Wildman–Crippen MR) is 51.0 cm³/mol. The van der Waals surface area contributed by atoms with Crippen LogP contribution in [-0.2, 0) is 4.74 Å². The Morgan fingerprint density at radius 1 is 1.50 bits per heavy atom. The van der Waals surface area contributed by atoms with E-state index in [1.54, 1.807) is 0 Å². The highest BCUT2D eigenvalue weighted by Gasteiger charge is 2.19. The van der Waals surface area contributed by atoms with Crippen LogP contribution in [0.1, 0.15) is 10.5 Å². The Labute approximate surface area is 89.9 Å². The van der Waals surface area contributed by atoms with Gasteiger partial charge in [0, 0.05) is 5.56 Å². The molecule has 6 heteroatoms. The highest BCUT2D eigenvalue weighted by Crippen LogP contribution is 2.21. The van der Waals surface area contributed by atoms with E-state index in [2.05, 4.69) is 14.7 Å². The zero-order valence-electron chi connectivity index (χ0n) is 8.31. The molecule has 2 aromatic rings. The van der Waals surface area contributed by atoms with E-state index in [9.17, 15) is 9.18 Å². The van der Waals surface area contributed by atoms with Crippen molar-refractivity contribution in [2.45, 2.75) is 0 Å². The molecule has 2 rings (SSSR count). The van der Waals surface area contributed by atoms with Crippen LogP contribution in [0.3, 0.4) is 0 Å². The molecule has 0 aliphatic carbocycles. The molecule has 0 atom stereocenters. The lowest BCUT2D eigenvalue weighted by molar-refractivity contribution is 0.0588. The summed E-state index contributed by atoms with van der Waals surface area (Å²) in [5.74, 6) is -1.67. The lowest BCUT2D eigenvalue weighted by atomic mass is 10.2. The van der Waals surface area contributed by atoms with E-state index in [0.717, 1.165) is 13.4 Å². The van der Waals surface area contributed by atoms with Crippen LogP contribution in [0.2, 0.25) is 0 Å². The molecule has 0 spiro atoms. The summed E-state index contributed by atoms with van der Waals surface area (Å²) in [5, 5.41) is 0. The molecule has 2 aromatic heterocycles. The van der Waals surface area contributed by atoms with Crippen LogP contribution in [0.25, 0.3) is 11.3 Å². The number of halogens is 1. The van der Waals surface area contributed by atoms with Gasteiger partial charge < -0.3 is 9.15 Å². The van der Waals surface area contributed by atoms with Crippen LogP contribution in [0.5, 0.6) is 0 Å². The number of ether oxygens (including phenoxy) is 1. The average Bonchev–Trinajstić information content (AvgIpc) is 2.82. The summed E-state index contributed by atoms with van der Waals surface area (Å²) in [4.78, 5) is 18.5. The normalized spacial score (nSPS) is 10.1. The number of esters is 1. The minimum Gasteiger partial charge on any atom is -0.472 e. The molecular weight excluding hydrogens is 215 g/mol. The van der Waals surface area contributed by atoms with Crippen molar-refractivity contribution >= 4 is 5.97 Å². The van der Waals surface area contributed by atoms with Gasteiger partial charge in [0.25, 0.3) is 0 Å². The van der Waals surface area contributed by atoms with E-state index in [-0.39, 0.29) is 5.69 Å². The van der Waals surface area contributed by atoms with E-state index in [1.807, 2.05) is 0 Å². The Morgan fingerprint density at radius 3 is 2.94 bits per heavy atom. The second-order valence-corrected chi connectivity index (χ2v) is 2.89. The van der Waals surface area contributed by atoms with Gasteiger partial charge in [-0.2, -0.15) is 0 Å². The number of hydrogen-bond donors (Lipinski definition) is 0. The van der Waals surface area contributed by atoms with Gasteiger partial charge >= 0.3 is 5.97 Å². The molecule has 0 N–H and O–H groups in total. The van der Waals surface area contributed by atoms with Gasteiger partial charge in [0.05, 0.1) is 19.6 Å². The van der Waals surface area contributed by atoms with Crippen LogP contribution < -0.4 is 0 Å². The number of hydrogen-bond acceptors (Lipinski definition) is 5. The molecule has 0 fully saturated rings. The van der Waals surface area contributed by atoms with Gasteiger partial charge in [0.15, 0.2) is 11.5 Å². The van der Waals surface area contributed by atoms with Gasteiger partial charge in [-0.25, -0.2) is 19.2 Å². The highest BCUT2D eigenvalue weighted by molar-refractivity contribution is 5.88. The first-order valence-corrected chi connectivity index (χ1v) is 4.35. The van der Waals surface area contributed by atoms with E-state index < -0.39 is 17.5 Å². The first-order chi connectivity index (χ1) is 7.74. The Hall–Kier alpha value is -2.24. The lowest BCUT2D eigenvalue weighted by Crippen LogP contribution is -2.09. The van der Waals surface area contributed by atoms with Crippen molar-refractivity contribution in [3.8, 4) is 11.3 Å². The van der Waals surface area contributed by atoms with Crippen LogP contribution in [0, 0.1) is 5.82 Å². The molecule has 82 valence electrons. The van der Waals surface area contributed by atoms with Gasteiger partial charge in [0.1, 0.15) is 12.0 Å². The maximum atomic E-state index is 13.8. The summed E-state index contributed by atoms with van der Waals surface area (Å²) in [5.41, 5.74) is 0.0444. The van der Waals surface area contributed by atoms with Crippen LogP contribution in [0.15, 0.2) is 29.3 Å². The number of methoxy groups -OCH3 is 1. The Morgan fingerprint density at radius 2 is 2.31 bits per heavy atom. The largest absolute Gasteiger partial charge is 0.472 e. The van der Waals surface area contributed by atoms with Crippen LogP contribution >= 0.6 is 0 Å². The maximum absolute atomic E-state index is 13.8. The average molecular weight is 222 g/mol. The monoisotopic (exact) mass is 222 g/mol. The van der Waals surface area contributed by atoms with Crippen LogP contribution in [0.4, 0.5) is 4.39 Å². The first-order valence-electron chi connectivity index (χ1n) is 4.35. The third-order valence-corrected chi connectivity index (χ3v) is 1.96. The summed E-state index contributed by atoms with van der Waals surface area (Å²) in [6.45, 7) is 0. The Kier molecular flexibility index (Phi) is 2.63. The minimum atomic E-state index is -0.843. The van der Waals surface area contributed by atoms with Crippen molar-refractivity contribution in [3.05, 3.63) is 36.4 Å². The fraction of sp³-hybridized carbons (Fsp3) is 0.100.